The van der Waals surface area contributed by atoms with Crippen molar-refractivity contribution in [1.29, 1.82) is 0 Å². The first-order chi connectivity index (χ1) is 11.2. The minimum atomic E-state index is -0.187. The normalized spacial score (nSPS) is 10.3. The molecule has 0 amide bonds. The molecule has 0 unspecified atom stereocenters. The van der Waals surface area contributed by atoms with Crippen molar-refractivity contribution >= 4 is 39.6 Å². The second-order valence-corrected chi connectivity index (χ2v) is 5.18. The van der Waals surface area contributed by atoms with Gasteiger partial charge in [0, 0.05) is 11.4 Å². The second kappa shape index (κ2) is 6.45. The Morgan fingerprint density at radius 1 is 1.13 bits per heavy atom. The molecule has 116 valence electrons. The van der Waals surface area contributed by atoms with Gasteiger partial charge >= 0.3 is 0 Å². The third-order valence-electron chi connectivity index (χ3n) is 3.25. The molecule has 3 N–H and O–H groups in total. The number of H-pyrrole nitrogens is 1. The summed E-state index contributed by atoms with van der Waals surface area (Å²) in [6, 6.07) is 12.7. The summed E-state index contributed by atoms with van der Waals surface area (Å²) < 4.78 is 5.11. The molecule has 0 aliphatic rings. The Bertz CT molecular complexity index is 906. The number of fused-ring (bicyclic) bond motifs is 1. The molecule has 3 rings (SSSR count). The van der Waals surface area contributed by atoms with E-state index in [9.17, 15) is 4.79 Å². The Morgan fingerprint density at radius 3 is 2.57 bits per heavy atom. The Kier molecular flexibility index (Phi) is 4.20. The summed E-state index contributed by atoms with van der Waals surface area (Å²) in [4.78, 5) is 18.4. The number of benzene rings is 2. The Morgan fingerprint density at radius 2 is 1.83 bits per heavy atom. The van der Waals surface area contributed by atoms with Crippen molar-refractivity contribution in [2.75, 3.05) is 17.7 Å². The predicted molar refractivity (Wildman–Crippen MR) is 95.2 cm³/mol. The third kappa shape index (κ3) is 3.46. The number of hydrogen-bond donors (Lipinski definition) is 3. The zero-order valence-corrected chi connectivity index (χ0v) is 13.1. The minimum Gasteiger partial charge on any atom is -0.497 e. The highest BCUT2D eigenvalue weighted by Crippen LogP contribution is 2.17. The Labute approximate surface area is 137 Å². The lowest BCUT2D eigenvalue weighted by atomic mass is 10.2. The number of nitrogens with zero attached hydrogens (tertiary/aromatic N) is 1. The molecule has 6 nitrogen and oxygen atoms in total. The van der Waals surface area contributed by atoms with Gasteiger partial charge in [-0.25, -0.2) is 4.98 Å². The average molecular weight is 326 g/mol. The van der Waals surface area contributed by atoms with Gasteiger partial charge in [0.05, 0.1) is 24.3 Å². The predicted octanol–water partition coefficient (Wildman–Crippen LogP) is 2.74. The van der Waals surface area contributed by atoms with Crippen molar-refractivity contribution in [1.82, 2.24) is 9.97 Å². The van der Waals surface area contributed by atoms with E-state index in [2.05, 4.69) is 20.6 Å². The standard InChI is InChI=1S/C16H14N4O2S/c1-22-12-5-2-10(3-6-12)19-16(23)20-11-4-7-14-13(8-11)15(21)18-9-17-14/h2-9H,1H3,(H,17,18,21)(H2,19,20,23). The van der Waals surface area contributed by atoms with Crippen molar-refractivity contribution in [2.24, 2.45) is 0 Å². The van der Waals surface area contributed by atoms with Gasteiger partial charge in [0.25, 0.3) is 5.56 Å². The number of anilines is 2. The lowest BCUT2D eigenvalue weighted by molar-refractivity contribution is 0.415. The lowest BCUT2D eigenvalue weighted by Crippen LogP contribution is -2.19. The van der Waals surface area contributed by atoms with Gasteiger partial charge in [-0.15, -0.1) is 0 Å². The van der Waals surface area contributed by atoms with E-state index in [1.54, 1.807) is 19.2 Å². The quantitative estimate of drug-likeness (QED) is 0.642. The minimum absolute atomic E-state index is 0.187. The summed E-state index contributed by atoms with van der Waals surface area (Å²) in [5.74, 6) is 0.774. The average Bonchev–Trinajstić information content (AvgIpc) is 2.56. The number of rotatable bonds is 3. The van der Waals surface area contributed by atoms with Crippen LogP contribution in [0.2, 0.25) is 0 Å². The van der Waals surface area contributed by atoms with Gasteiger partial charge in [-0.05, 0) is 54.7 Å². The van der Waals surface area contributed by atoms with Crippen molar-refractivity contribution in [2.45, 2.75) is 0 Å². The number of hydrogen-bond acceptors (Lipinski definition) is 4. The highest BCUT2D eigenvalue weighted by molar-refractivity contribution is 7.80. The monoisotopic (exact) mass is 326 g/mol. The van der Waals surface area contributed by atoms with Crippen LogP contribution in [0.5, 0.6) is 5.75 Å². The number of thiocarbonyl (C=S) groups is 1. The highest BCUT2D eigenvalue weighted by atomic mass is 32.1. The number of ether oxygens (including phenoxy) is 1. The van der Waals surface area contributed by atoms with Crippen LogP contribution in [-0.2, 0) is 0 Å². The molecule has 0 aliphatic heterocycles. The molecule has 0 saturated heterocycles. The fourth-order valence-electron chi connectivity index (χ4n) is 2.11. The van der Waals surface area contributed by atoms with E-state index < -0.39 is 0 Å². The summed E-state index contributed by atoms with van der Waals surface area (Å²) in [5.41, 5.74) is 1.99. The van der Waals surface area contributed by atoms with Crippen LogP contribution < -0.4 is 20.9 Å². The molecule has 0 saturated carbocycles. The molecule has 1 heterocycles. The van der Waals surface area contributed by atoms with Crippen molar-refractivity contribution in [3.05, 3.63) is 59.1 Å². The zero-order valence-electron chi connectivity index (χ0n) is 12.3. The fraction of sp³-hybridized carbons (Fsp3) is 0.0625. The van der Waals surface area contributed by atoms with E-state index in [0.717, 1.165) is 11.4 Å². The van der Waals surface area contributed by atoms with E-state index in [-0.39, 0.29) is 5.56 Å². The second-order valence-electron chi connectivity index (χ2n) is 4.77. The molecule has 0 fully saturated rings. The van der Waals surface area contributed by atoms with Gasteiger partial charge in [-0.3, -0.25) is 4.79 Å². The van der Waals surface area contributed by atoms with Crippen LogP contribution in [0.25, 0.3) is 10.9 Å². The summed E-state index contributed by atoms with van der Waals surface area (Å²) in [7, 11) is 1.62. The van der Waals surface area contributed by atoms with Crippen LogP contribution in [0.4, 0.5) is 11.4 Å². The van der Waals surface area contributed by atoms with Crippen molar-refractivity contribution in [3.63, 3.8) is 0 Å². The molecule has 3 aromatic rings. The van der Waals surface area contributed by atoms with Crippen molar-refractivity contribution in [3.8, 4) is 5.75 Å². The van der Waals surface area contributed by atoms with Gasteiger partial charge < -0.3 is 20.4 Å². The molecular weight excluding hydrogens is 312 g/mol. The fourth-order valence-corrected chi connectivity index (χ4v) is 2.35. The van der Waals surface area contributed by atoms with Crippen LogP contribution in [0.1, 0.15) is 0 Å². The van der Waals surface area contributed by atoms with Gasteiger partial charge in [0.1, 0.15) is 5.75 Å². The van der Waals surface area contributed by atoms with Crippen LogP contribution in [0.15, 0.2) is 53.6 Å². The molecule has 23 heavy (non-hydrogen) atoms. The Balaban J connectivity index is 1.74. The largest absolute Gasteiger partial charge is 0.497 e. The summed E-state index contributed by atoms with van der Waals surface area (Å²) >= 11 is 5.28. The topological polar surface area (TPSA) is 79.0 Å². The van der Waals surface area contributed by atoms with Crippen LogP contribution in [0, 0.1) is 0 Å². The van der Waals surface area contributed by atoms with Crippen molar-refractivity contribution < 1.29 is 4.74 Å². The third-order valence-corrected chi connectivity index (χ3v) is 3.45. The molecule has 1 aromatic heterocycles. The molecule has 0 aliphatic carbocycles. The van der Waals surface area contributed by atoms with E-state index in [1.807, 2.05) is 30.3 Å². The first-order valence-electron chi connectivity index (χ1n) is 6.85. The van der Waals surface area contributed by atoms with Gasteiger partial charge in [0.2, 0.25) is 0 Å². The van der Waals surface area contributed by atoms with E-state index in [1.165, 1.54) is 6.33 Å². The maximum Gasteiger partial charge on any atom is 0.258 e. The number of aromatic nitrogens is 2. The van der Waals surface area contributed by atoms with Gasteiger partial charge in [-0.1, -0.05) is 0 Å². The Hall–Kier alpha value is -2.93. The van der Waals surface area contributed by atoms with Crippen LogP contribution in [-0.4, -0.2) is 22.2 Å². The maximum atomic E-state index is 11.8. The zero-order chi connectivity index (χ0) is 16.2. The van der Waals surface area contributed by atoms with Crippen LogP contribution in [0.3, 0.4) is 0 Å². The number of methoxy groups -OCH3 is 1. The maximum absolute atomic E-state index is 11.8. The summed E-state index contributed by atoms with van der Waals surface area (Å²) in [6.07, 6.45) is 1.38. The highest BCUT2D eigenvalue weighted by Gasteiger charge is 2.03. The van der Waals surface area contributed by atoms with Gasteiger partial charge in [0.15, 0.2) is 5.11 Å². The molecule has 0 spiro atoms. The van der Waals surface area contributed by atoms with Crippen LogP contribution >= 0.6 is 12.2 Å². The molecular formula is C16H14N4O2S. The molecule has 0 radical (unpaired) electrons. The smallest absolute Gasteiger partial charge is 0.258 e. The lowest BCUT2D eigenvalue weighted by Gasteiger charge is -2.11. The van der Waals surface area contributed by atoms with E-state index in [4.69, 9.17) is 17.0 Å². The molecule has 7 heteroatoms. The number of nitrogens with one attached hydrogen (secondary N) is 3. The van der Waals surface area contributed by atoms with E-state index >= 15 is 0 Å². The first-order valence-corrected chi connectivity index (χ1v) is 7.26. The molecule has 0 atom stereocenters. The SMILES string of the molecule is COc1ccc(NC(=S)Nc2ccc3nc[nH]c(=O)c3c2)cc1. The number of aromatic amines is 1. The first kappa shape index (κ1) is 15.0. The molecule has 0 bridgehead atoms. The summed E-state index contributed by atoms with van der Waals surface area (Å²) in [6.45, 7) is 0. The van der Waals surface area contributed by atoms with Gasteiger partial charge in [-0.2, -0.15) is 0 Å². The molecule has 2 aromatic carbocycles. The van der Waals surface area contributed by atoms with E-state index in [0.29, 0.717) is 21.7 Å². The summed E-state index contributed by atoms with van der Waals surface area (Å²) in [5, 5.41) is 7.04.